The van der Waals surface area contributed by atoms with E-state index >= 15 is 0 Å². The molecule has 0 atom stereocenters. The summed E-state index contributed by atoms with van der Waals surface area (Å²) < 4.78 is 5.13. The first kappa shape index (κ1) is 10.5. The van der Waals surface area contributed by atoms with Gasteiger partial charge in [0.25, 0.3) is 5.91 Å². The number of hydrazine groups is 1. The fourth-order valence-electron chi connectivity index (χ4n) is 1.33. The first-order chi connectivity index (χ1) is 6.60. The van der Waals surface area contributed by atoms with E-state index in [0.717, 1.165) is 16.9 Å². The zero-order chi connectivity index (χ0) is 10.7. The van der Waals surface area contributed by atoms with Gasteiger partial charge in [-0.1, -0.05) is 0 Å². The number of carbonyl (C=O) groups is 1. The average molecular weight is 194 g/mol. The Kier molecular flexibility index (Phi) is 3.09. The highest BCUT2D eigenvalue weighted by molar-refractivity contribution is 5.95. The molecule has 14 heavy (non-hydrogen) atoms. The zero-order valence-electron chi connectivity index (χ0n) is 8.55. The number of nitrogens with two attached hydrogens (primary N) is 1. The van der Waals surface area contributed by atoms with Crippen LogP contribution in [0, 0.1) is 13.8 Å². The van der Waals surface area contributed by atoms with E-state index in [1.165, 1.54) is 0 Å². The van der Waals surface area contributed by atoms with Crippen LogP contribution in [0.15, 0.2) is 12.1 Å². The topological polar surface area (TPSA) is 64.3 Å². The van der Waals surface area contributed by atoms with Crippen LogP contribution in [0.4, 0.5) is 0 Å². The first-order valence-electron chi connectivity index (χ1n) is 4.26. The van der Waals surface area contributed by atoms with Crippen molar-refractivity contribution < 1.29 is 9.53 Å². The molecule has 1 amide bonds. The largest absolute Gasteiger partial charge is 0.496 e. The second-order valence-corrected chi connectivity index (χ2v) is 3.11. The van der Waals surface area contributed by atoms with E-state index in [2.05, 4.69) is 5.43 Å². The molecular weight excluding hydrogens is 180 g/mol. The van der Waals surface area contributed by atoms with Crippen molar-refractivity contribution in [1.29, 1.82) is 0 Å². The standard InChI is InChI=1S/C10H14N2O2/c1-6-5-9(14-3)7(2)4-8(6)10(13)12-11/h4-5H,11H2,1-3H3,(H,12,13). The Bertz CT molecular complexity index is 361. The summed E-state index contributed by atoms with van der Waals surface area (Å²) in [7, 11) is 1.60. The minimum atomic E-state index is -0.284. The Morgan fingerprint density at radius 1 is 1.36 bits per heavy atom. The summed E-state index contributed by atoms with van der Waals surface area (Å²) in [6, 6.07) is 3.58. The number of ether oxygens (including phenoxy) is 1. The molecule has 0 aliphatic rings. The fraction of sp³-hybridized carbons (Fsp3) is 0.300. The number of hydrogen-bond donors (Lipinski definition) is 2. The summed E-state index contributed by atoms with van der Waals surface area (Å²) in [5.41, 5.74) is 4.44. The molecule has 4 heteroatoms. The van der Waals surface area contributed by atoms with Gasteiger partial charge in [-0.3, -0.25) is 10.2 Å². The predicted molar refractivity (Wildman–Crippen MR) is 54.1 cm³/mol. The van der Waals surface area contributed by atoms with E-state index < -0.39 is 0 Å². The molecule has 1 aromatic rings. The number of amides is 1. The second-order valence-electron chi connectivity index (χ2n) is 3.11. The summed E-state index contributed by atoms with van der Waals surface area (Å²) >= 11 is 0. The molecule has 0 aromatic heterocycles. The normalized spacial score (nSPS) is 9.71. The van der Waals surface area contributed by atoms with Gasteiger partial charge in [0.2, 0.25) is 0 Å². The molecule has 0 spiro atoms. The maximum absolute atomic E-state index is 11.3. The average Bonchev–Trinajstić information content (AvgIpc) is 2.19. The van der Waals surface area contributed by atoms with Gasteiger partial charge in [0.05, 0.1) is 7.11 Å². The van der Waals surface area contributed by atoms with Gasteiger partial charge in [0, 0.05) is 5.56 Å². The molecular formula is C10H14N2O2. The van der Waals surface area contributed by atoms with Gasteiger partial charge in [-0.15, -0.1) is 0 Å². The third-order valence-electron chi connectivity index (χ3n) is 2.12. The minimum absolute atomic E-state index is 0.284. The third kappa shape index (κ3) is 1.85. The maximum atomic E-state index is 11.3. The van der Waals surface area contributed by atoms with Crippen LogP contribution in [0.3, 0.4) is 0 Å². The van der Waals surface area contributed by atoms with E-state index in [1.807, 2.05) is 19.9 Å². The maximum Gasteiger partial charge on any atom is 0.265 e. The Morgan fingerprint density at radius 3 is 2.50 bits per heavy atom. The lowest BCUT2D eigenvalue weighted by atomic mass is 10.0. The smallest absolute Gasteiger partial charge is 0.265 e. The lowest BCUT2D eigenvalue weighted by molar-refractivity contribution is 0.0953. The van der Waals surface area contributed by atoms with Crippen LogP contribution in [0.2, 0.25) is 0 Å². The van der Waals surface area contributed by atoms with E-state index in [9.17, 15) is 4.79 Å². The number of aryl methyl sites for hydroxylation is 2. The van der Waals surface area contributed by atoms with Gasteiger partial charge in [0.1, 0.15) is 5.75 Å². The highest BCUT2D eigenvalue weighted by Crippen LogP contribution is 2.22. The third-order valence-corrected chi connectivity index (χ3v) is 2.12. The van der Waals surface area contributed by atoms with Crippen LogP contribution in [0.25, 0.3) is 0 Å². The second kappa shape index (κ2) is 4.11. The molecule has 76 valence electrons. The van der Waals surface area contributed by atoms with Crippen LogP contribution in [-0.2, 0) is 0 Å². The van der Waals surface area contributed by atoms with Gasteiger partial charge < -0.3 is 4.74 Å². The van der Waals surface area contributed by atoms with Crippen LogP contribution in [0.1, 0.15) is 21.5 Å². The van der Waals surface area contributed by atoms with Gasteiger partial charge >= 0.3 is 0 Å². The molecule has 0 fully saturated rings. The number of hydrogen-bond acceptors (Lipinski definition) is 3. The van der Waals surface area contributed by atoms with Gasteiger partial charge in [-0.05, 0) is 37.1 Å². The number of rotatable bonds is 2. The van der Waals surface area contributed by atoms with Crippen molar-refractivity contribution in [2.75, 3.05) is 7.11 Å². The summed E-state index contributed by atoms with van der Waals surface area (Å²) in [5.74, 6) is 5.55. The molecule has 0 bridgehead atoms. The fourth-order valence-corrected chi connectivity index (χ4v) is 1.33. The molecule has 0 saturated heterocycles. The Hall–Kier alpha value is -1.55. The lowest BCUT2D eigenvalue weighted by Crippen LogP contribution is -2.30. The highest BCUT2D eigenvalue weighted by atomic mass is 16.5. The van der Waals surface area contributed by atoms with Crippen molar-refractivity contribution in [3.63, 3.8) is 0 Å². The van der Waals surface area contributed by atoms with Crippen LogP contribution >= 0.6 is 0 Å². The number of benzene rings is 1. The molecule has 0 heterocycles. The molecule has 3 N–H and O–H groups in total. The Labute approximate surface area is 83.0 Å². The van der Waals surface area contributed by atoms with Crippen LogP contribution < -0.4 is 16.0 Å². The lowest BCUT2D eigenvalue weighted by Gasteiger charge is -2.09. The quantitative estimate of drug-likeness (QED) is 0.418. The van der Waals surface area contributed by atoms with Crippen LogP contribution in [0.5, 0.6) is 5.75 Å². The van der Waals surface area contributed by atoms with Gasteiger partial charge in [-0.25, -0.2) is 5.84 Å². The van der Waals surface area contributed by atoms with E-state index in [0.29, 0.717) is 5.56 Å². The van der Waals surface area contributed by atoms with Crippen molar-refractivity contribution in [3.8, 4) is 5.75 Å². The predicted octanol–water partition coefficient (Wildman–Crippen LogP) is 0.916. The number of carbonyl (C=O) groups excluding carboxylic acids is 1. The molecule has 0 aliphatic heterocycles. The van der Waals surface area contributed by atoms with Crippen molar-refractivity contribution in [2.24, 2.45) is 5.84 Å². The van der Waals surface area contributed by atoms with E-state index in [1.54, 1.807) is 13.2 Å². The Morgan fingerprint density at radius 2 is 2.00 bits per heavy atom. The molecule has 0 radical (unpaired) electrons. The van der Waals surface area contributed by atoms with Crippen molar-refractivity contribution >= 4 is 5.91 Å². The van der Waals surface area contributed by atoms with E-state index in [4.69, 9.17) is 10.6 Å². The summed E-state index contributed by atoms with van der Waals surface area (Å²) in [5, 5.41) is 0. The molecule has 0 saturated carbocycles. The van der Waals surface area contributed by atoms with E-state index in [-0.39, 0.29) is 5.91 Å². The van der Waals surface area contributed by atoms with Crippen LogP contribution in [-0.4, -0.2) is 13.0 Å². The van der Waals surface area contributed by atoms with Crippen molar-refractivity contribution in [2.45, 2.75) is 13.8 Å². The summed E-state index contributed by atoms with van der Waals surface area (Å²) in [6.07, 6.45) is 0. The van der Waals surface area contributed by atoms with Crippen molar-refractivity contribution in [3.05, 3.63) is 28.8 Å². The van der Waals surface area contributed by atoms with Gasteiger partial charge in [-0.2, -0.15) is 0 Å². The molecule has 4 nitrogen and oxygen atoms in total. The molecule has 0 unspecified atom stereocenters. The molecule has 1 rings (SSSR count). The van der Waals surface area contributed by atoms with Gasteiger partial charge in [0.15, 0.2) is 0 Å². The molecule has 0 aliphatic carbocycles. The highest BCUT2D eigenvalue weighted by Gasteiger charge is 2.10. The zero-order valence-corrected chi connectivity index (χ0v) is 8.55. The first-order valence-corrected chi connectivity index (χ1v) is 4.26. The SMILES string of the molecule is COc1cc(C)c(C(=O)NN)cc1C. The number of nitrogen functional groups attached to an aromatic ring is 1. The van der Waals surface area contributed by atoms with Crippen molar-refractivity contribution in [1.82, 2.24) is 5.43 Å². The minimum Gasteiger partial charge on any atom is -0.496 e. The molecule has 1 aromatic carbocycles. The summed E-state index contributed by atoms with van der Waals surface area (Å²) in [6.45, 7) is 3.72. The summed E-state index contributed by atoms with van der Waals surface area (Å²) in [4.78, 5) is 11.3. The number of nitrogens with one attached hydrogen (secondary N) is 1. The Balaban J connectivity index is 3.21. The monoisotopic (exact) mass is 194 g/mol. The number of methoxy groups -OCH3 is 1.